The first-order valence-corrected chi connectivity index (χ1v) is 5.98. The minimum absolute atomic E-state index is 0.465. The van der Waals surface area contributed by atoms with E-state index < -0.39 is 0 Å². The van der Waals surface area contributed by atoms with Crippen LogP contribution >= 0.6 is 23.8 Å². The van der Waals surface area contributed by atoms with Gasteiger partial charge in [-0.1, -0.05) is 41.4 Å². The predicted octanol–water partition coefficient (Wildman–Crippen LogP) is 4.40. The highest BCUT2D eigenvalue weighted by atomic mass is 35.5. The Morgan fingerprint density at radius 2 is 1.59 bits per heavy atom. The van der Waals surface area contributed by atoms with Gasteiger partial charge >= 0.3 is 0 Å². The summed E-state index contributed by atoms with van der Waals surface area (Å²) in [5, 5.41) is 1.14. The van der Waals surface area contributed by atoms with Crippen molar-refractivity contribution in [2.45, 2.75) is 6.92 Å². The molecule has 2 rings (SSSR count). The summed E-state index contributed by atoms with van der Waals surface area (Å²) in [6.45, 7) is 2.03. The Balaban J connectivity index is 2.11. The van der Waals surface area contributed by atoms with E-state index in [-0.39, 0.29) is 0 Å². The van der Waals surface area contributed by atoms with Crippen LogP contribution in [0.5, 0.6) is 5.75 Å². The number of thiocarbonyl (C=S) groups is 1. The van der Waals surface area contributed by atoms with Gasteiger partial charge in [-0.3, -0.25) is 0 Å². The highest BCUT2D eigenvalue weighted by Gasteiger charge is 2.03. The van der Waals surface area contributed by atoms with E-state index in [0.717, 1.165) is 5.56 Å². The number of halogens is 1. The number of hydrogen-bond donors (Lipinski definition) is 0. The van der Waals surface area contributed by atoms with Gasteiger partial charge in [0, 0.05) is 10.6 Å². The highest BCUT2D eigenvalue weighted by Crippen LogP contribution is 2.17. The van der Waals surface area contributed by atoms with Crippen molar-refractivity contribution in [3.05, 3.63) is 64.7 Å². The van der Waals surface area contributed by atoms with Crippen molar-refractivity contribution in [1.82, 2.24) is 0 Å². The Bertz CT molecular complexity index is 517. The van der Waals surface area contributed by atoms with Crippen molar-refractivity contribution in [2.24, 2.45) is 0 Å². The van der Waals surface area contributed by atoms with Gasteiger partial charge in [-0.2, -0.15) is 0 Å². The fourth-order valence-electron chi connectivity index (χ4n) is 1.36. The third-order valence-corrected chi connectivity index (χ3v) is 2.88. The smallest absolute Gasteiger partial charge is 0.198 e. The molecule has 0 fully saturated rings. The van der Waals surface area contributed by atoms with Crippen LogP contribution in [-0.4, -0.2) is 5.05 Å². The number of benzene rings is 2. The summed E-state index contributed by atoms with van der Waals surface area (Å²) >= 11 is 11.0. The lowest BCUT2D eigenvalue weighted by atomic mass is 10.2. The molecule has 0 unspecified atom stereocenters. The molecule has 0 saturated heterocycles. The third kappa shape index (κ3) is 3.29. The van der Waals surface area contributed by atoms with Gasteiger partial charge < -0.3 is 4.74 Å². The Morgan fingerprint density at radius 1 is 1.00 bits per heavy atom. The Morgan fingerprint density at radius 3 is 2.18 bits per heavy atom. The molecule has 0 N–H and O–H groups in total. The SMILES string of the molecule is Cc1ccc(C(=S)Oc2ccc(Cl)cc2)cc1. The maximum atomic E-state index is 5.79. The van der Waals surface area contributed by atoms with Gasteiger partial charge in [-0.25, -0.2) is 0 Å². The van der Waals surface area contributed by atoms with E-state index in [1.54, 1.807) is 24.3 Å². The van der Waals surface area contributed by atoms with Gasteiger partial charge in [0.2, 0.25) is 0 Å². The first-order valence-electron chi connectivity index (χ1n) is 5.19. The molecule has 86 valence electrons. The summed E-state index contributed by atoms with van der Waals surface area (Å²) in [5.41, 5.74) is 2.10. The molecule has 0 bridgehead atoms. The minimum atomic E-state index is 0.465. The molecule has 0 radical (unpaired) electrons. The molecule has 2 aromatic carbocycles. The van der Waals surface area contributed by atoms with Crippen LogP contribution < -0.4 is 4.74 Å². The lowest BCUT2D eigenvalue weighted by Crippen LogP contribution is -2.06. The van der Waals surface area contributed by atoms with Gasteiger partial charge in [-0.05, 0) is 43.4 Å². The van der Waals surface area contributed by atoms with Crippen LogP contribution in [0.4, 0.5) is 0 Å². The molecular formula is C14H11ClOS. The fourth-order valence-corrected chi connectivity index (χ4v) is 1.72. The van der Waals surface area contributed by atoms with Gasteiger partial charge in [0.15, 0.2) is 5.05 Å². The van der Waals surface area contributed by atoms with Gasteiger partial charge in [0.1, 0.15) is 5.75 Å². The van der Waals surface area contributed by atoms with E-state index in [4.69, 9.17) is 28.6 Å². The lowest BCUT2D eigenvalue weighted by Gasteiger charge is -2.07. The zero-order chi connectivity index (χ0) is 12.3. The quantitative estimate of drug-likeness (QED) is 0.742. The van der Waals surface area contributed by atoms with E-state index in [9.17, 15) is 0 Å². The average molecular weight is 263 g/mol. The maximum absolute atomic E-state index is 5.79. The maximum Gasteiger partial charge on any atom is 0.198 e. The van der Waals surface area contributed by atoms with E-state index in [1.165, 1.54) is 5.56 Å². The number of hydrogen-bond acceptors (Lipinski definition) is 2. The molecule has 0 heterocycles. The van der Waals surface area contributed by atoms with Crippen LogP contribution in [0.25, 0.3) is 0 Å². The second-order valence-electron chi connectivity index (χ2n) is 3.71. The largest absolute Gasteiger partial charge is 0.445 e. The topological polar surface area (TPSA) is 9.23 Å². The molecule has 2 aromatic rings. The summed E-state index contributed by atoms with van der Waals surface area (Å²) in [7, 11) is 0. The molecular weight excluding hydrogens is 252 g/mol. The van der Waals surface area contributed by atoms with E-state index in [2.05, 4.69) is 0 Å². The fraction of sp³-hybridized carbons (Fsp3) is 0.0714. The number of aryl methyl sites for hydroxylation is 1. The van der Waals surface area contributed by atoms with Crippen LogP contribution in [0.15, 0.2) is 48.5 Å². The minimum Gasteiger partial charge on any atom is -0.445 e. The molecule has 0 amide bonds. The molecule has 17 heavy (non-hydrogen) atoms. The van der Waals surface area contributed by atoms with E-state index in [0.29, 0.717) is 15.8 Å². The summed E-state index contributed by atoms with van der Waals surface area (Å²) in [6.07, 6.45) is 0. The van der Waals surface area contributed by atoms with Crippen molar-refractivity contribution in [3.63, 3.8) is 0 Å². The number of ether oxygens (including phenoxy) is 1. The molecule has 0 spiro atoms. The predicted molar refractivity (Wildman–Crippen MR) is 75.0 cm³/mol. The van der Waals surface area contributed by atoms with E-state index >= 15 is 0 Å². The summed E-state index contributed by atoms with van der Waals surface area (Å²) in [6, 6.07) is 15.1. The zero-order valence-corrected chi connectivity index (χ0v) is 10.9. The molecule has 0 aliphatic heterocycles. The summed E-state index contributed by atoms with van der Waals surface area (Å²) in [5.74, 6) is 0.694. The van der Waals surface area contributed by atoms with Crippen molar-refractivity contribution < 1.29 is 4.74 Å². The van der Waals surface area contributed by atoms with Crippen LogP contribution in [0.1, 0.15) is 11.1 Å². The monoisotopic (exact) mass is 262 g/mol. The second kappa shape index (κ2) is 5.30. The summed E-state index contributed by atoms with van der Waals surface area (Å²) < 4.78 is 5.57. The van der Waals surface area contributed by atoms with Gasteiger partial charge in [0.25, 0.3) is 0 Å². The van der Waals surface area contributed by atoms with Crippen LogP contribution in [0.2, 0.25) is 5.02 Å². The first kappa shape index (κ1) is 12.1. The lowest BCUT2D eigenvalue weighted by molar-refractivity contribution is 0.566. The van der Waals surface area contributed by atoms with Crippen LogP contribution in [0, 0.1) is 6.92 Å². The molecule has 0 aliphatic carbocycles. The zero-order valence-electron chi connectivity index (χ0n) is 9.31. The number of rotatable bonds is 2. The first-order chi connectivity index (χ1) is 8.15. The second-order valence-corrected chi connectivity index (χ2v) is 4.52. The molecule has 0 aromatic heterocycles. The molecule has 0 atom stereocenters. The molecule has 0 aliphatic rings. The van der Waals surface area contributed by atoms with Crippen molar-refractivity contribution in [3.8, 4) is 5.75 Å². The third-order valence-electron chi connectivity index (χ3n) is 2.31. The standard InChI is InChI=1S/C14H11ClOS/c1-10-2-4-11(5-3-10)14(17)16-13-8-6-12(15)7-9-13/h2-9H,1H3. The summed E-state index contributed by atoms with van der Waals surface area (Å²) in [4.78, 5) is 0. The van der Waals surface area contributed by atoms with Crippen molar-refractivity contribution in [2.75, 3.05) is 0 Å². The molecule has 3 heteroatoms. The Kier molecular flexibility index (Phi) is 3.77. The van der Waals surface area contributed by atoms with Crippen molar-refractivity contribution >= 4 is 28.9 Å². The Labute approximate surface area is 111 Å². The molecule has 1 nitrogen and oxygen atoms in total. The highest BCUT2D eigenvalue weighted by molar-refractivity contribution is 7.80. The van der Waals surface area contributed by atoms with Crippen LogP contribution in [-0.2, 0) is 0 Å². The van der Waals surface area contributed by atoms with Gasteiger partial charge in [0.05, 0.1) is 0 Å². The average Bonchev–Trinajstić information content (AvgIpc) is 2.33. The van der Waals surface area contributed by atoms with E-state index in [1.807, 2.05) is 31.2 Å². The Hall–Kier alpha value is -1.38. The van der Waals surface area contributed by atoms with Crippen LogP contribution in [0.3, 0.4) is 0 Å². The normalized spacial score (nSPS) is 10.0. The van der Waals surface area contributed by atoms with Crippen molar-refractivity contribution in [1.29, 1.82) is 0 Å². The van der Waals surface area contributed by atoms with Gasteiger partial charge in [-0.15, -0.1) is 0 Å². The molecule has 0 saturated carbocycles.